The van der Waals surface area contributed by atoms with E-state index in [2.05, 4.69) is 5.32 Å². The average molecular weight is 503 g/mol. The summed E-state index contributed by atoms with van der Waals surface area (Å²) in [5.74, 6) is -0.277. The van der Waals surface area contributed by atoms with Crippen LogP contribution in [0.3, 0.4) is 0 Å². The Morgan fingerprint density at radius 1 is 1.14 bits per heavy atom. The fourth-order valence-corrected chi connectivity index (χ4v) is 5.67. The summed E-state index contributed by atoms with van der Waals surface area (Å²) in [6.07, 6.45) is 3.56. The van der Waals surface area contributed by atoms with Crippen molar-refractivity contribution >= 4 is 35.2 Å². The van der Waals surface area contributed by atoms with Crippen molar-refractivity contribution in [3.05, 3.63) is 64.3 Å². The van der Waals surface area contributed by atoms with Gasteiger partial charge in [-0.15, -0.1) is 0 Å². The highest BCUT2D eigenvalue weighted by molar-refractivity contribution is 6.08. The number of hydrogen-bond acceptors (Lipinski definition) is 6. The smallest absolute Gasteiger partial charge is 0.324 e. The molecule has 1 unspecified atom stereocenters. The number of urea groups is 1. The Morgan fingerprint density at radius 3 is 2.46 bits per heavy atom. The van der Waals surface area contributed by atoms with Gasteiger partial charge in [0.05, 0.1) is 35.7 Å². The number of carbonyl (C=O) groups excluding carboxylic acids is 4. The third kappa shape index (κ3) is 3.75. The predicted molar refractivity (Wildman–Crippen MR) is 137 cm³/mol. The van der Waals surface area contributed by atoms with Crippen molar-refractivity contribution in [1.29, 1.82) is 0 Å². The normalized spacial score (nSPS) is 23.9. The van der Waals surface area contributed by atoms with Crippen LogP contribution in [0.1, 0.15) is 30.7 Å². The summed E-state index contributed by atoms with van der Waals surface area (Å²) < 4.78 is 0. The van der Waals surface area contributed by atoms with Crippen LogP contribution in [0.5, 0.6) is 0 Å². The highest BCUT2D eigenvalue weighted by Crippen LogP contribution is 2.38. The van der Waals surface area contributed by atoms with Crippen LogP contribution in [-0.4, -0.2) is 82.1 Å². The second-order valence-corrected chi connectivity index (χ2v) is 9.97. The number of pyridine rings is 1. The average Bonchev–Trinajstić information content (AvgIpc) is 3.34. The summed E-state index contributed by atoms with van der Waals surface area (Å²) in [7, 11) is 5.23. The first kappa shape index (κ1) is 24.5. The van der Waals surface area contributed by atoms with E-state index in [0.29, 0.717) is 18.5 Å². The second-order valence-electron chi connectivity index (χ2n) is 9.97. The number of imide groups is 1. The molecule has 192 valence electrons. The Labute approximate surface area is 215 Å². The molecule has 37 heavy (non-hydrogen) atoms. The van der Waals surface area contributed by atoms with Crippen molar-refractivity contribution in [2.24, 2.45) is 0 Å². The lowest BCUT2D eigenvalue weighted by molar-refractivity contribution is -0.130. The zero-order valence-electron chi connectivity index (χ0n) is 21.7. The van der Waals surface area contributed by atoms with Crippen molar-refractivity contribution in [2.45, 2.75) is 38.8 Å². The number of aromatic nitrogens is 1. The largest absolute Gasteiger partial charge is 0.362 e. The lowest BCUT2D eigenvalue weighted by Gasteiger charge is -2.38. The summed E-state index contributed by atoms with van der Waals surface area (Å²) in [6, 6.07) is 7.50. The number of carbonyl (C=O) groups is 4. The van der Waals surface area contributed by atoms with E-state index >= 15 is 0 Å². The fourth-order valence-electron chi connectivity index (χ4n) is 5.67. The van der Waals surface area contributed by atoms with Crippen molar-refractivity contribution < 1.29 is 19.2 Å². The SMILES string of the molecule is C/C=C1\C(=C(/C)N(C=O)Cc2ccc3cc4c(cc3n2)CC2(C4)C(=O)NC(=O)N2C)N(C)CC(=O)N1C. The van der Waals surface area contributed by atoms with E-state index in [-0.39, 0.29) is 30.9 Å². The van der Waals surface area contributed by atoms with Gasteiger partial charge in [-0.25, -0.2) is 4.79 Å². The van der Waals surface area contributed by atoms with Crippen LogP contribution in [0.15, 0.2) is 47.4 Å². The molecule has 0 bridgehead atoms. The van der Waals surface area contributed by atoms with Gasteiger partial charge in [0, 0.05) is 45.1 Å². The number of allylic oxidation sites excluding steroid dienone is 2. The van der Waals surface area contributed by atoms with E-state index in [1.54, 1.807) is 23.9 Å². The van der Waals surface area contributed by atoms with E-state index in [4.69, 9.17) is 4.98 Å². The molecule has 10 nitrogen and oxygen atoms in total. The molecule has 1 spiro atoms. The molecule has 2 fully saturated rings. The third-order valence-corrected chi connectivity index (χ3v) is 7.86. The number of nitrogens with one attached hydrogen (secondary N) is 1. The molecule has 2 saturated heterocycles. The van der Waals surface area contributed by atoms with Gasteiger partial charge in [-0.1, -0.05) is 12.1 Å². The van der Waals surface area contributed by atoms with Crippen LogP contribution in [0.2, 0.25) is 0 Å². The molecule has 5 amide bonds. The van der Waals surface area contributed by atoms with E-state index in [1.807, 2.05) is 56.1 Å². The minimum Gasteiger partial charge on any atom is -0.362 e. The number of rotatable bonds is 4. The number of nitrogens with zero attached hydrogens (tertiary/aromatic N) is 5. The lowest BCUT2D eigenvalue weighted by Crippen LogP contribution is -2.48. The minimum atomic E-state index is -0.887. The lowest BCUT2D eigenvalue weighted by atomic mass is 9.95. The number of benzene rings is 1. The summed E-state index contributed by atoms with van der Waals surface area (Å²) in [6.45, 7) is 4.23. The highest BCUT2D eigenvalue weighted by atomic mass is 16.2. The van der Waals surface area contributed by atoms with E-state index in [1.165, 1.54) is 4.90 Å². The minimum absolute atomic E-state index is 0.0130. The molecule has 10 heteroatoms. The Morgan fingerprint density at radius 2 is 1.84 bits per heavy atom. The number of fused-ring (bicyclic) bond motifs is 2. The van der Waals surface area contributed by atoms with Crippen molar-refractivity contribution in [2.75, 3.05) is 27.7 Å². The van der Waals surface area contributed by atoms with Crippen molar-refractivity contribution in [1.82, 2.24) is 29.9 Å². The molecule has 1 aromatic heterocycles. The zero-order chi connectivity index (χ0) is 26.6. The second kappa shape index (κ2) is 8.72. The van der Waals surface area contributed by atoms with Gasteiger partial charge in [-0.05, 0) is 43.2 Å². The third-order valence-electron chi connectivity index (χ3n) is 7.86. The van der Waals surface area contributed by atoms with Gasteiger partial charge in [-0.2, -0.15) is 0 Å². The zero-order valence-corrected chi connectivity index (χ0v) is 21.7. The van der Waals surface area contributed by atoms with Crippen LogP contribution in [0.4, 0.5) is 4.79 Å². The molecule has 5 rings (SSSR count). The number of piperazine rings is 1. The van der Waals surface area contributed by atoms with Crippen LogP contribution in [-0.2, 0) is 33.8 Å². The van der Waals surface area contributed by atoms with Crippen LogP contribution in [0, 0.1) is 0 Å². The molecule has 1 atom stereocenters. The van der Waals surface area contributed by atoms with Crippen molar-refractivity contribution in [3.63, 3.8) is 0 Å². The maximum absolute atomic E-state index is 12.6. The van der Waals surface area contributed by atoms with Gasteiger partial charge >= 0.3 is 6.03 Å². The number of likely N-dealkylation sites (N-methyl/N-ethyl adjacent to an activating group) is 3. The maximum Gasteiger partial charge on any atom is 0.324 e. The van der Waals surface area contributed by atoms with Gasteiger partial charge < -0.3 is 19.6 Å². The van der Waals surface area contributed by atoms with Crippen LogP contribution >= 0.6 is 0 Å². The first-order chi connectivity index (χ1) is 17.6. The Hall–Kier alpha value is -4.21. The first-order valence-electron chi connectivity index (χ1n) is 12.2. The molecule has 3 aliphatic rings. The Kier molecular flexibility index (Phi) is 5.77. The molecular formula is C27H30N6O4. The number of amides is 5. The molecule has 1 aromatic carbocycles. The molecule has 1 aliphatic carbocycles. The monoisotopic (exact) mass is 502 g/mol. The van der Waals surface area contributed by atoms with Gasteiger partial charge in [0.25, 0.3) is 5.91 Å². The molecule has 1 N–H and O–H groups in total. The summed E-state index contributed by atoms with van der Waals surface area (Å²) in [5.41, 5.74) is 4.91. The highest BCUT2D eigenvalue weighted by Gasteiger charge is 2.54. The predicted octanol–water partition coefficient (Wildman–Crippen LogP) is 1.75. The molecule has 0 radical (unpaired) electrons. The van der Waals surface area contributed by atoms with Crippen molar-refractivity contribution in [3.8, 4) is 0 Å². The molecule has 0 saturated carbocycles. The molecule has 2 aliphatic heterocycles. The van der Waals surface area contributed by atoms with E-state index in [0.717, 1.165) is 45.5 Å². The molecular weight excluding hydrogens is 472 g/mol. The summed E-state index contributed by atoms with van der Waals surface area (Å²) in [5, 5.41) is 3.36. The Bertz CT molecular complexity index is 1430. The summed E-state index contributed by atoms with van der Waals surface area (Å²) >= 11 is 0. The van der Waals surface area contributed by atoms with E-state index < -0.39 is 5.54 Å². The molecule has 3 heterocycles. The molecule has 2 aromatic rings. The maximum atomic E-state index is 12.6. The topological polar surface area (TPSA) is 106 Å². The van der Waals surface area contributed by atoms with Crippen LogP contribution < -0.4 is 5.32 Å². The first-order valence-corrected chi connectivity index (χ1v) is 12.2. The van der Waals surface area contributed by atoms with Gasteiger partial charge in [0.1, 0.15) is 5.54 Å². The number of hydrogen-bond donors (Lipinski definition) is 1. The van der Waals surface area contributed by atoms with Gasteiger partial charge in [0.2, 0.25) is 12.3 Å². The van der Waals surface area contributed by atoms with E-state index in [9.17, 15) is 19.2 Å². The van der Waals surface area contributed by atoms with Crippen LogP contribution in [0.25, 0.3) is 10.9 Å². The Balaban J connectivity index is 1.45. The quantitative estimate of drug-likeness (QED) is 0.505. The summed E-state index contributed by atoms with van der Waals surface area (Å²) in [4.78, 5) is 60.6. The van der Waals surface area contributed by atoms with Gasteiger partial charge in [-0.3, -0.25) is 24.7 Å². The van der Waals surface area contributed by atoms with Gasteiger partial charge in [0.15, 0.2) is 0 Å². The standard InChI is InChI=1S/C27H30N6O4/c1-6-22-24(30(3)14-23(35)31(22)4)16(2)33(15-34)13-20-8-7-17-9-18-11-27(12-19(18)10-21(17)28-20)25(36)29-26(37)32(27)5/h6-10,15H,11-14H2,1-5H3,(H,29,36,37)/b22-6+,24-16-. The fraction of sp³-hybridized carbons (Fsp3) is 0.370.